The van der Waals surface area contributed by atoms with Crippen molar-refractivity contribution in [3.05, 3.63) is 60.7 Å². The minimum atomic E-state index is -1.16. The van der Waals surface area contributed by atoms with Gasteiger partial charge in [-0.3, -0.25) is 30.3 Å². The van der Waals surface area contributed by atoms with Gasteiger partial charge in [0, 0.05) is 18.2 Å². The van der Waals surface area contributed by atoms with E-state index in [1.165, 1.54) is 0 Å². The molecule has 0 fully saturated rings. The Bertz CT molecular complexity index is 650. The quantitative estimate of drug-likeness (QED) is 0.231. The third kappa shape index (κ3) is 4.56. The fraction of sp³-hybridized carbons (Fsp3) is 0.250. The van der Waals surface area contributed by atoms with E-state index >= 15 is 0 Å². The molecule has 11 nitrogen and oxygen atoms in total. The topological polar surface area (TPSA) is 156 Å². The fourth-order valence-corrected chi connectivity index (χ4v) is 1.78. The average Bonchev–Trinajstić information content (AvgIpc) is 2.49. The van der Waals surface area contributed by atoms with Crippen LogP contribution in [0.4, 0.5) is 17.1 Å². The highest BCUT2D eigenvalue weighted by Gasteiger charge is 2.36. The van der Waals surface area contributed by atoms with Gasteiger partial charge in [0.05, 0.1) is 21.4 Å². The molecule has 0 radical (unpaired) electrons. The Labute approximate surface area is 128 Å². The largest absolute Gasteiger partial charge is 0.463 e. The second kappa shape index (κ2) is 7.59. The third-order valence-corrected chi connectivity index (χ3v) is 2.73. The SMILES string of the molecule is C=CC(=O)OCCCc1cc([N+](=O)[O-])c([N+](=O)[O-])c([N+](=O)[O-])c1. The van der Waals surface area contributed by atoms with Crippen molar-refractivity contribution in [3.8, 4) is 0 Å². The van der Waals surface area contributed by atoms with Crippen molar-refractivity contribution in [3.63, 3.8) is 0 Å². The number of hydrogen-bond acceptors (Lipinski definition) is 8. The molecule has 1 rings (SSSR count). The zero-order valence-electron chi connectivity index (χ0n) is 11.7. The Morgan fingerprint density at radius 1 is 1.09 bits per heavy atom. The number of nitrogens with zero attached hydrogens (tertiary/aromatic N) is 3. The van der Waals surface area contributed by atoms with E-state index in [0.717, 1.165) is 18.2 Å². The molecule has 0 atom stereocenters. The molecule has 0 heterocycles. The van der Waals surface area contributed by atoms with Crippen LogP contribution in [0, 0.1) is 30.3 Å². The highest BCUT2D eigenvalue weighted by Crippen LogP contribution is 2.37. The highest BCUT2D eigenvalue weighted by atomic mass is 16.6. The zero-order valence-corrected chi connectivity index (χ0v) is 11.7. The molecule has 0 aliphatic heterocycles. The van der Waals surface area contributed by atoms with Gasteiger partial charge in [-0.05, 0) is 18.4 Å². The van der Waals surface area contributed by atoms with Crippen molar-refractivity contribution in [2.75, 3.05) is 6.61 Å². The average molecular weight is 325 g/mol. The molecule has 11 heteroatoms. The number of aryl methyl sites for hydroxylation is 1. The van der Waals surface area contributed by atoms with Crippen LogP contribution in [-0.4, -0.2) is 27.3 Å². The van der Waals surface area contributed by atoms with Gasteiger partial charge in [0.2, 0.25) is 0 Å². The van der Waals surface area contributed by atoms with Crippen LogP contribution in [0.5, 0.6) is 0 Å². The monoisotopic (exact) mass is 325 g/mol. The summed E-state index contributed by atoms with van der Waals surface area (Å²) in [6.07, 6.45) is 1.29. The maximum Gasteiger partial charge on any atom is 0.422 e. The first-order valence-corrected chi connectivity index (χ1v) is 6.17. The number of hydrogen-bond donors (Lipinski definition) is 0. The summed E-state index contributed by atoms with van der Waals surface area (Å²) in [5.74, 6) is -0.648. The molecule has 0 aliphatic carbocycles. The number of ether oxygens (including phenoxy) is 1. The minimum absolute atomic E-state index is 0.0244. The van der Waals surface area contributed by atoms with Crippen LogP contribution in [0.1, 0.15) is 12.0 Å². The Balaban J connectivity index is 3.08. The second-order valence-corrected chi connectivity index (χ2v) is 4.23. The molecule has 1 aromatic rings. The van der Waals surface area contributed by atoms with E-state index in [4.69, 9.17) is 4.74 Å². The number of benzene rings is 1. The van der Waals surface area contributed by atoms with Crippen LogP contribution in [0.2, 0.25) is 0 Å². The number of esters is 1. The summed E-state index contributed by atoms with van der Waals surface area (Å²) in [5.41, 5.74) is -2.92. The number of nitro benzene ring substituents is 3. The van der Waals surface area contributed by atoms with E-state index in [1.54, 1.807) is 0 Å². The summed E-state index contributed by atoms with van der Waals surface area (Å²) >= 11 is 0. The van der Waals surface area contributed by atoms with Gasteiger partial charge in [0.25, 0.3) is 0 Å². The summed E-state index contributed by atoms with van der Waals surface area (Å²) < 4.78 is 4.70. The number of nitro groups is 3. The summed E-state index contributed by atoms with van der Waals surface area (Å²) in [6.45, 7) is 3.17. The number of rotatable bonds is 8. The Morgan fingerprint density at radius 3 is 2.00 bits per heavy atom. The lowest BCUT2D eigenvalue weighted by Crippen LogP contribution is -2.05. The van der Waals surface area contributed by atoms with E-state index in [-0.39, 0.29) is 25.0 Å². The van der Waals surface area contributed by atoms with Gasteiger partial charge in [0.1, 0.15) is 0 Å². The molecule has 0 unspecified atom stereocenters. The summed E-state index contributed by atoms with van der Waals surface area (Å²) in [4.78, 5) is 40.3. The highest BCUT2D eigenvalue weighted by molar-refractivity contribution is 5.81. The molecule has 0 saturated heterocycles. The van der Waals surface area contributed by atoms with Crippen LogP contribution in [0.25, 0.3) is 0 Å². The molecular formula is C12H11N3O8. The molecular weight excluding hydrogens is 314 g/mol. The first-order chi connectivity index (χ1) is 10.8. The Kier molecular flexibility index (Phi) is 5.83. The predicted molar refractivity (Wildman–Crippen MR) is 75.9 cm³/mol. The lowest BCUT2D eigenvalue weighted by molar-refractivity contribution is -0.441. The van der Waals surface area contributed by atoms with Gasteiger partial charge >= 0.3 is 23.0 Å². The fourth-order valence-electron chi connectivity index (χ4n) is 1.78. The molecule has 23 heavy (non-hydrogen) atoms. The van der Waals surface area contributed by atoms with Crippen LogP contribution < -0.4 is 0 Å². The third-order valence-electron chi connectivity index (χ3n) is 2.73. The van der Waals surface area contributed by atoms with Crippen molar-refractivity contribution in [2.45, 2.75) is 12.8 Å². The minimum Gasteiger partial charge on any atom is -0.463 e. The predicted octanol–water partition coefficient (Wildman–Crippen LogP) is 2.07. The standard InChI is InChI=1S/C12H11N3O8/c1-2-11(16)23-5-3-4-8-6-9(13(17)18)12(15(21)22)10(7-8)14(19)20/h2,6-7H,1,3-5H2. The number of carbonyl (C=O) groups is 1. The molecule has 0 aromatic heterocycles. The van der Waals surface area contributed by atoms with Crippen molar-refractivity contribution >= 4 is 23.0 Å². The molecule has 0 N–H and O–H groups in total. The molecule has 0 amide bonds. The van der Waals surface area contributed by atoms with E-state index in [0.29, 0.717) is 0 Å². The van der Waals surface area contributed by atoms with Crippen LogP contribution >= 0.6 is 0 Å². The Morgan fingerprint density at radius 2 is 1.61 bits per heavy atom. The van der Waals surface area contributed by atoms with Gasteiger partial charge in [0.15, 0.2) is 0 Å². The van der Waals surface area contributed by atoms with Crippen molar-refractivity contribution in [1.82, 2.24) is 0 Å². The zero-order chi connectivity index (χ0) is 17.6. The van der Waals surface area contributed by atoms with E-state index in [1.807, 2.05) is 0 Å². The van der Waals surface area contributed by atoms with Gasteiger partial charge in [-0.1, -0.05) is 6.58 Å². The van der Waals surface area contributed by atoms with E-state index in [9.17, 15) is 35.1 Å². The van der Waals surface area contributed by atoms with Crippen LogP contribution in [-0.2, 0) is 16.0 Å². The lowest BCUT2D eigenvalue weighted by Gasteiger charge is -2.04. The smallest absolute Gasteiger partial charge is 0.422 e. The first kappa shape index (κ1) is 17.7. The normalized spacial score (nSPS) is 9.91. The van der Waals surface area contributed by atoms with Crippen molar-refractivity contribution < 1.29 is 24.3 Å². The molecule has 0 saturated carbocycles. The van der Waals surface area contributed by atoms with Crippen LogP contribution in [0.15, 0.2) is 24.8 Å². The van der Waals surface area contributed by atoms with Gasteiger partial charge in [-0.25, -0.2) is 4.79 Å². The maximum atomic E-state index is 10.9. The Hall–Kier alpha value is -3.37. The summed E-state index contributed by atoms with van der Waals surface area (Å²) in [6, 6.07) is 1.81. The van der Waals surface area contributed by atoms with Crippen molar-refractivity contribution in [2.24, 2.45) is 0 Å². The molecule has 0 spiro atoms. The van der Waals surface area contributed by atoms with E-state index < -0.39 is 37.8 Å². The van der Waals surface area contributed by atoms with E-state index in [2.05, 4.69) is 6.58 Å². The van der Waals surface area contributed by atoms with Gasteiger partial charge in [-0.2, -0.15) is 0 Å². The van der Waals surface area contributed by atoms with Crippen LogP contribution in [0.3, 0.4) is 0 Å². The van der Waals surface area contributed by atoms with Crippen molar-refractivity contribution in [1.29, 1.82) is 0 Å². The first-order valence-electron chi connectivity index (χ1n) is 6.17. The van der Waals surface area contributed by atoms with Gasteiger partial charge in [-0.15, -0.1) is 0 Å². The molecule has 122 valence electrons. The summed E-state index contributed by atoms with van der Waals surface area (Å²) in [5, 5.41) is 32.7. The molecule has 0 bridgehead atoms. The summed E-state index contributed by atoms with van der Waals surface area (Å²) in [7, 11) is 0. The maximum absolute atomic E-state index is 10.9. The molecule has 0 aliphatic rings. The lowest BCUT2D eigenvalue weighted by atomic mass is 10.1. The molecule has 1 aromatic carbocycles. The number of carbonyl (C=O) groups excluding carboxylic acids is 1. The van der Waals surface area contributed by atoms with Gasteiger partial charge < -0.3 is 4.74 Å². The second-order valence-electron chi connectivity index (χ2n) is 4.23.